The first-order valence-electron chi connectivity index (χ1n) is 10.2. The van der Waals surface area contributed by atoms with Gasteiger partial charge in [0.05, 0.1) is 25.4 Å². The van der Waals surface area contributed by atoms with Crippen LogP contribution in [0.2, 0.25) is 0 Å². The van der Waals surface area contributed by atoms with E-state index in [1.807, 2.05) is 0 Å². The molecule has 12 nitrogen and oxygen atoms in total. The summed E-state index contributed by atoms with van der Waals surface area (Å²) < 4.78 is 22.6. The molecule has 12 atom stereocenters. The van der Waals surface area contributed by atoms with Gasteiger partial charge in [0.2, 0.25) is 0 Å². The number of ether oxygens (including phenoxy) is 4. The molecule has 0 bridgehead atoms. The van der Waals surface area contributed by atoms with Crippen LogP contribution in [0.15, 0.2) is 0 Å². The Balaban J connectivity index is 1.66. The van der Waals surface area contributed by atoms with Gasteiger partial charge < -0.3 is 61.3 Å². The molecule has 0 amide bonds. The maximum Gasteiger partial charge on any atom is 0.185 e. The standard InChI is InChI=1S/C18H35N3O9/c1-18(26)6-27-17(13(25)16(18)21-2)30-15-8(20)3-7(19)14(12(15)24)29-11-4-9(23)10(5-22)28-11/h7-17,21-26H,3-6,19-20H2,1-2H3/t7-,8+,9-,10+,11+,12-,13+,14+,15-,16+,17+,18-/m0/s1. The Kier molecular flexibility index (Phi) is 7.71. The number of aliphatic hydroxyl groups is 5. The van der Waals surface area contributed by atoms with E-state index in [1.165, 1.54) is 6.92 Å². The average molecular weight is 437 g/mol. The lowest BCUT2D eigenvalue weighted by molar-refractivity contribution is -0.302. The van der Waals surface area contributed by atoms with Crippen LogP contribution < -0.4 is 16.8 Å². The van der Waals surface area contributed by atoms with Crippen molar-refractivity contribution in [2.75, 3.05) is 20.3 Å². The highest BCUT2D eigenvalue weighted by molar-refractivity contribution is 5.01. The lowest BCUT2D eigenvalue weighted by atomic mass is 9.84. The molecule has 0 aromatic heterocycles. The summed E-state index contributed by atoms with van der Waals surface area (Å²) in [5, 5.41) is 53.8. The second-order valence-electron chi connectivity index (χ2n) is 8.64. The Hall–Kier alpha value is -0.480. The van der Waals surface area contributed by atoms with E-state index in [1.54, 1.807) is 7.05 Å². The second kappa shape index (κ2) is 9.57. The Morgan fingerprint density at radius 2 is 1.70 bits per heavy atom. The largest absolute Gasteiger partial charge is 0.394 e. The van der Waals surface area contributed by atoms with Crippen LogP contribution in [0.3, 0.4) is 0 Å². The molecule has 3 aliphatic rings. The number of hydrogen-bond acceptors (Lipinski definition) is 12. The van der Waals surface area contributed by atoms with Gasteiger partial charge in [-0.25, -0.2) is 0 Å². The first kappa shape index (κ1) is 24.2. The quantitative estimate of drug-likeness (QED) is 0.199. The summed E-state index contributed by atoms with van der Waals surface area (Å²) >= 11 is 0. The second-order valence-corrected chi connectivity index (χ2v) is 8.64. The molecule has 2 heterocycles. The van der Waals surface area contributed by atoms with Crippen molar-refractivity contribution in [3.05, 3.63) is 0 Å². The zero-order valence-corrected chi connectivity index (χ0v) is 17.2. The lowest BCUT2D eigenvalue weighted by Crippen LogP contribution is -2.68. The van der Waals surface area contributed by atoms with Crippen molar-refractivity contribution in [2.45, 2.75) is 92.7 Å². The van der Waals surface area contributed by atoms with Gasteiger partial charge in [0.15, 0.2) is 12.6 Å². The summed E-state index contributed by atoms with van der Waals surface area (Å²) in [5.41, 5.74) is 11.0. The van der Waals surface area contributed by atoms with E-state index in [-0.39, 0.29) is 26.1 Å². The normalized spacial score (nSPS) is 52.5. The topological polar surface area (TPSA) is 202 Å². The molecule has 2 saturated heterocycles. The minimum Gasteiger partial charge on any atom is -0.394 e. The Morgan fingerprint density at radius 1 is 1.07 bits per heavy atom. The Morgan fingerprint density at radius 3 is 2.27 bits per heavy atom. The molecule has 3 fully saturated rings. The third-order valence-corrected chi connectivity index (χ3v) is 6.17. The third-order valence-electron chi connectivity index (χ3n) is 6.17. The van der Waals surface area contributed by atoms with Crippen molar-refractivity contribution in [2.24, 2.45) is 11.5 Å². The minimum absolute atomic E-state index is 0.0892. The number of aliphatic hydroxyl groups excluding tert-OH is 4. The lowest BCUT2D eigenvalue weighted by Gasteiger charge is -2.47. The van der Waals surface area contributed by atoms with Crippen LogP contribution in [0, 0.1) is 0 Å². The van der Waals surface area contributed by atoms with Gasteiger partial charge in [-0.1, -0.05) is 0 Å². The molecule has 0 spiro atoms. The molecule has 0 radical (unpaired) electrons. The summed E-state index contributed by atoms with van der Waals surface area (Å²) in [4.78, 5) is 0. The molecule has 0 unspecified atom stereocenters. The maximum atomic E-state index is 10.9. The van der Waals surface area contributed by atoms with E-state index in [4.69, 9.17) is 30.4 Å². The first-order valence-corrected chi connectivity index (χ1v) is 10.2. The number of rotatable bonds is 6. The monoisotopic (exact) mass is 437 g/mol. The van der Waals surface area contributed by atoms with Crippen molar-refractivity contribution in [1.29, 1.82) is 0 Å². The van der Waals surface area contributed by atoms with Crippen molar-refractivity contribution in [3.8, 4) is 0 Å². The van der Waals surface area contributed by atoms with E-state index in [9.17, 15) is 25.5 Å². The van der Waals surface area contributed by atoms with Crippen LogP contribution in [-0.4, -0.2) is 119 Å². The van der Waals surface area contributed by atoms with E-state index >= 15 is 0 Å². The van der Waals surface area contributed by atoms with Gasteiger partial charge in [-0.3, -0.25) is 0 Å². The van der Waals surface area contributed by atoms with E-state index in [2.05, 4.69) is 5.32 Å². The highest BCUT2D eigenvalue weighted by atomic mass is 16.7. The van der Waals surface area contributed by atoms with Crippen LogP contribution >= 0.6 is 0 Å². The molecule has 1 aliphatic carbocycles. The van der Waals surface area contributed by atoms with Gasteiger partial charge in [-0.05, 0) is 20.4 Å². The zero-order valence-electron chi connectivity index (χ0n) is 17.2. The number of hydrogen-bond donors (Lipinski definition) is 8. The Bertz CT molecular complexity index is 571. The average Bonchev–Trinajstić information content (AvgIpc) is 3.03. The van der Waals surface area contributed by atoms with Crippen LogP contribution in [0.4, 0.5) is 0 Å². The summed E-state index contributed by atoms with van der Waals surface area (Å²) in [6.45, 7) is 1.09. The number of likely N-dealkylation sites (N-methyl/N-ethyl adjacent to an activating group) is 1. The summed E-state index contributed by atoms with van der Waals surface area (Å²) in [7, 11) is 1.60. The van der Waals surface area contributed by atoms with E-state index < -0.39 is 72.9 Å². The highest BCUT2D eigenvalue weighted by Crippen LogP contribution is 2.31. The number of nitrogens with two attached hydrogens (primary N) is 2. The maximum absolute atomic E-state index is 10.9. The first-order chi connectivity index (χ1) is 14.1. The molecular formula is C18H35N3O9. The smallest absolute Gasteiger partial charge is 0.185 e. The zero-order chi connectivity index (χ0) is 22.2. The van der Waals surface area contributed by atoms with Gasteiger partial charge in [-0.2, -0.15) is 0 Å². The summed E-state index contributed by atoms with van der Waals surface area (Å²) in [5.74, 6) is 0. The van der Waals surface area contributed by atoms with Gasteiger partial charge in [0.25, 0.3) is 0 Å². The predicted octanol–water partition coefficient (Wildman–Crippen LogP) is -4.30. The van der Waals surface area contributed by atoms with Crippen molar-refractivity contribution in [3.63, 3.8) is 0 Å². The molecule has 3 rings (SSSR count). The molecular weight excluding hydrogens is 402 g/mol. The fourth-order valence-electron chi connectivity index (χ4n) is 4.48. The van der Waals surface area contributed by atoms with Crippen molar-refractivity contribution >= 4 is 0 Å². The number of nitrogens with one attached hydrogen (secondary N) is 1. The van der Waals surface area contributed by atoms with E-state index in [0.29, 0.717) is 0 Å². The fourth-order valence-corrected chi connectivity index (χ4v) is 4.48. The summed E-state index contributed by atoms with van der Waals surface area (Å²) in [6, 6.07) is -1.99. The van der Waals surface area contributed by atoms with E-state index in [0.717, 1.165) is 0 Å². The molecule has 10 N–H and O–H groups in total. The fraction of sp³-hybridized carbons (Fsp3) is 1.00. The Labute approximate surface area is 175 Å². The van der Waals surface area contributed by atoms with Gasteiger partial charge >= 0.3 is 0 Å². The molecule has 176 valence electrons. The molecule has 1 saturated carbocycles. The molecule has 30 heavy (non-hydrogen) atoms. The molecule has 2 aliphatic heterocycles. The molecule has 0 aromatic rings. The predicted molar refractivity (Wildman–Crippen MR) is 102 cm³/mol. The van der Waals surface area contributed by atoms with Gasteiger partial charge in [0, 0.05) is 18.5 Å². The summed E-state index contributed by atoms with van der Waals surface area (Å²) in [6.07, 6.45) is -7.59. The molecule has 0 aromatic carbocycles. The highest BCUT2D eigenvalue weighted by Gasteiger charge is 2.50. The van der Waals surface area contributed by atoms with Crippen LogP contribution in [0.1, 0.15) is 19.8 Å². The van der Waals surface area contributed by atoms with Gasteiger partial charge in [-0.15, -0.1) is 0 Å². The SMILES string of the molecule is CN[C@@H]1[C@@H](O)[C@@H](O[C@@H]2[C@@H](O)[C@H](O[C@@H]3C[C@H](O)[C@@H](CO)O3)[C@@H](N)C[C@H]2N)OC[C@]1(C)O. The van der Waals surface area contributed by atoms with Crippen molar-refractivity contribution < 1.29 is 44.5 Å². The van der Waals surface area contributed by atoms with Crippen LogP contribution in [0.5, 0.6) is 0 Å². The third kappa shape index (κ3) is 4.80. The van der Waals surface area contributed by atoms with Crippen LogP contribution in [-0.2, 0) is 18.9 Å². The molecule has 12 heteroatoms. The van der Waals surface area contributed by atoms with Gasteiger partial charge in [0.1, 0.15) is 36.1 Å². The minimum atomic E-state index is -1.31. The van der Waals surface area contributed by atoms with Crippen molar-refractivity contribution in [1.82, 2.24) is 5.32 Å². The van der Waals surface area contributed by atoms with Crippen LogP contribution in [0.25, 0.3) is 0 Å².